The molecule has 0 unspecified atom stereocenters. The molecule has 3 heteroatoms. The second kappa shape index (κ2) is 4.75. The minimum absolute atomic E-state index is 0.0680. The van der Waals surface area contributed by atoms with Gasteiger partial charge in [0, 0.05) is 10.5 Å². The van der Waals surface area contributed by atoms with Gasteiger partial charge < -0.3 is 4.74 Å². The van der Waals surface area contributed by atoms with E-state index in [0.29, 0.717) is 16.9 Å². The topological polar surface area (TPSA) is 26.3 Å². The number of esters is 1. The van der Waals surface area contributed by atoms with Crippen molar-refractivity contribution in [3.8, 4) is 0 Å². The second-order valence-corrected chi connectivity index (χ2v) is 5.02. The highest BCUT2D eigenvalue weighted by atomic mass is 32.2. The third-order valence-corrected chi connectivity index (χ3v) is 3.67. The Kier molecular flexibility index (Phi) is 3.92. The molecular formula is C9H16O2S. The Hall–Kier alpha value is -0.180. The van der Waals surface area contributed by atoms with Gasteiger partial charge in [-0.15, -0.1) is 0 Å². The highest BCUT2D eigenvalue weighted by molar-refractivity contribution is 8.00. The summed E-state index contributed by atoms with van der Waals surface area (Å²) in [6, 6.07) is 0. The van der Waals surface area contributed by atoms with Gasteiger partial charge in [-0.3, -0.25) is 4.79 Å². The molecule has 12 heavy (non-hydrogen) atoms. The highest BCUT2D eigenvalue weighted by Crippen LogP contribution is 2.33. The lowest BCUT2D eigenvalue weighted by Crippen LogP contribution is -2.19. The number of thioether (sulfide) groups is 1. The SMILES string of the molecule is COC(=O)C[C@@H]1CCC[C@H](C)S1. The zero-order valence-electron chi connectivity index (χ0n) is 7.71. The van der Waals surface area contributed by atoms with Crippen molar-refractivity contribution < 1.29 is 9.53 Å². The lowest BCUT2D eigenvalue weighted by Gasteiger charge is -2.25. The molecule has 0 aromatic carbocycles. The van der Waals surface area contributed by atoms with E-state index in [9.17, 15) is 4.79 Å². The van der Waals surface area contributed by atoms with E-state index < -0.39 is 0 Å². The van der Waals surface area contributed by atoms with Gasteiger partial charge in [0.05, 0.1) is 13.5 Å². The number of ether oxygens (including phenoxy) is 1. The molecule has 1 rings (SSSR count). The molecule has 0 saturated carbocycles. The molecule has 0 aromatic rings. The molecule has 0 amide bonds. The summed E-state index contributed by atoms with van der Waals surface area (Å²) in [7, 11) is 1.46. The zero-order valence-corrected chi connectivity index (χ0v) is 8.52. The van der Waals surface area contributed by atoms with E-state index in [4.69, 9.17) is 0 Å². The van der Waals surface area contributed by atoms with E-state index >= 15 is 0 Å². The number of hydrogen-bond acceptors (Lipinski definition) is 3. The Labute approximate surface area is 78.1 Å². The van der Waals surface area contributed by atoms with Gasteiger partial charge in [-0.2, -0.15) is 11.8 Å². The van der Waals surface area contributed by atoms with Crippen LogP contribution in [-0.4, -0.2) is 23.6 Å². The molecule has 0 N–H and O–H groups in total. The molecule has 0 aromatic heterocycles. The number of carbonyl (C=O) groups excluding carboxylic acids is 1. The van der Waals surface area contributed by atoms with Crippen molar-refractivity contribution >= 4 is 17.7 Å². The Bertz CT molecular complexity index is 159. The average Bonchev–Trinajstić information content (AvgIpc) is 2.04. The molecule has 1 aliphatic heterocycles. The molecule has 2 nitrogen and oxygen atoms in total. The molecule has 70 valence electrons. The lowest BCUT2D eigenvalue weighted by atomic mass is 10.1. The maximum absolute atomic E-state index is 11.0. The zero-order chi connectivity index (χ0) is 8.97. The Morgan fingerprint density at radius 1 is 1.58 bits per heavy atom. The summed E-state index contributed by atoms with van der Waals surface area (Å²) < 4.78 is 4.64. The maximum atomic E-state index is 11.0. The van der Waals surface area contributed by atoms with Crippen LogP contribution in [0.5, 0.6) is 0 Å². The molecule has 0 spiro atoms. The molecule has 1 saturated heterocycles. The third-order valence-electron chi connectivity index (χ3n) is 2.18. The first-order valence-corrected chi connectivity index (χ1v) is 5.39. The van der Waals surface area contributed by atoms with E-state index in [0.717, 1.165) is 0 Å². The first kappa shape index (κ1) is 9.90. The monoisotopic (exact) mass is 188 g/mol. The van der Waals surface area contributed by atoms with Crippen LogP contribution in [-0.2, 0) is 9.53 Å². The maximum Gasteiger partial charge on any atom is 0.306 e. The van der Waals surface area contributed by atoms with Crippen LogP contribution in [0.25, 0.3) is 0 Å². The van der Waals surface area contributed by atoms with Crippen LogP contribution in [0, 0.1) is 0 Å². The second-order valence-electron chi connectivity index (χ2n) is 3.28. The van der Waals surface area contributed by atoms with Crippen LogP contribution in [0.4, 0.5) is 0 Å². The van der Waals surface area contributed by atoms with Crippen LogP contribution in [0.15, 0.2) is 0 Å². The van der Waals surface area contributed by atoms with Gasteiger partial charge in [0.15, 0.2) is 0 Å². The van der Waals surface area contributed by atoms with E-state index in [1.807, 2.05) is 11.8 Å². The highest BCUT2D eigenvalue weighted by Gasteiger charge is 2.21. The molecule has 1 aliphatic rings. The van der Waals surface area contributed by atoms with Crippen molar-refractivity contribution in [1.82, 2.24) is 0 Å². The van der Waals surface area contributed by atoms with Crippen LogP contribution in [0.2, 0.25) is 0 Å². The molecule has 0 radical (unpaired) electrons. The molecule has 0 bridgehead atoms. The van der Waals surface area contributed by atoms with Crippen molar-refractivity contribution in [3.63, 3.8) is 0 Å². The van der Waals surface area contributed by atoms with Crippen LogP contribution in [0.3, 0.4) is 0 Å². The van der Waals surface area contributed by atoms with Gasteiger partial charge in [0.1, 0.15) is 0 Å². The summed E-state index contributed by atoms with van der Waals surface area (Å²) in [5.41, 5.74) is 0. The molecule has 1 heterocycles. The van der Waals surface area contributed by atoms with Crippen molar-refractivity contribution in [2.75, 3.05) is 7.11 Å². The smallest absolute Gasteiger partial charge is 0.306 e. The predicted molar refractivity (Wildman–Crippen MR) is 51.3 cm³/mol. The normalized spacial score (nSPS) is 29.8. The summed E-state index contributed by atoms with van der Waals surface area (Å²) in [5, 5.41) is 1.22. The van der Waals surface area contributed by atoms with Crippen LogP contribution in [0.1, 0.15) is 32.6 Å². The fourth-order valence-electron chi connectivity index (χ4n) is 1.52. The minimum atomic E-state index is -0.0680. The fourth-order valence-corrected chi connectivity index (χ4v) is 3.01. The molecule has 0 aliphatic carbocycles. The Morgan fingerprint density at radius 2 is 2.33 bits per heavy atom. The molecule has 1 fully saturated rings. The van der Waals surface area contributed by atoms with Crippen LogP contribution >= 0.6 is 11.8 Å². The van der Waals surface area contributed by atoms with Crippen molar-refractivity contribution in [3.05, 3.63) is 0 Å². The standard InChI is InChI=1S/C9H16O2S/c1-7-4-3-5-8(12-7)6-9(10)11-2/h7-8H,3-6H2,1-2H3/t7-,8-/m0/s1. The summed E-state index contributed by atoms with van der Waals surface area (Å²) in [6.45, 7) is 2.23. The number of rotatable bonds is 2. The van der Waals surface area contributed by atoms with Crippen molar-refractivity contribution in [2.24, 2.45) is 0 Å². The number of methoxy groups -OCH3 is 1. The summed E-state index contributed by atoms with van der Waals surface area (Å²) >= 11 is 1.93. The number of carbonyl (C=O) groups is 1. The fraction of sp³-hybridized carbons (Fsp3) is 0.889. The van der Waals surface area contributed by atoms with Gasteiger partial charge in [-0.1, -0.05) is 13.3 Å². The Morgan fingerprint density at radius 3 is 2.92 bits per heavy atom. The third kappa shape index (κ3) is 3.05. The predicted octanol–water partition coefficient (Wildman–Crippen LogP) is 2.22. The summed E-state index contributed by atoms with van der Waals surface area (Å²) in [4.78, 5) is 11.0. The van der Waals surface area contributed by atoms with Crippen LogP contribution < -0.4 is 0 Å². The van der Waals surface area contributed by atoms with E-state index in [1.165, 1.54) is 26.4 Å². The average molecular weight is 188 g/mol. The Balaban J connectivity index is 2.27. The lowest BCUT2D eigenvalue weighted by molar-refractivity contribution is -0.140. The van der Waals surface area contributed by atoms with E-state index in [-0.39, 0.29) is 5.97 Å². The largest absolute Gasteiger partial charge is 0.469 e. The van der Waals surface area contributed by atoms with E-state index in [2.05, 4.69) is 11.7 Å². The summed E-state index contributed by atoms with van der Waals surface area (Å²) in [6.07, 6.45) is 4.31. The van der Waals surface area contributed by atoms with Gasteiger partial charge in [0.2, 0.25) is 0 Å². The minimum Gasteiger partial charge on any atom is -0.469 e. The quantitative estimate of drug-likeness (QED) is 0.622. The van der Waals surface area contributed by atoms with Gasteiger partial charge in [0.25, 0.3) is 0 Å². The van der Waals surface area contributed by atoms with E-state index in [1.54, 1.807) is 0 Å². The van der Waals surface area contributed by atoms with Gasteiger partial charge >= 0.3 is 5.97 Å². The van der Waals surface area contributed by atoms with Gasteiger partial charge in [-0.25, -0.2) is 0 Å². The first-order chi connectivity index (χ1) is 5.72. The number of hydrogen-bond donors (Lipinski definition) is 0. The van der Waals surface area contributed by atoms with Crippen molar-refractivity contribution in [1.29, 1.82) is 0 Å². The first-order valence-electron chi connectivity index (χ1n) is 4.44. The molecular weight excluding hydrogens is 172 g/mol. The molecule has 2 atom stereocenters. The summed E-state index contributed by atoms with van der Waals surface area (Å²) in [5.74, 6) is -0.0680. The van der Waals surface area contributed by atoms with Crippen molar-refractivity contribution in [2.45, 2.75) is 43.1 Å². The van der Waals surface area contributed by atoms with Gasteiger partial charge in [-0.05, 0) is 12.8 Å².